The first-order chi connectivity index (χ1) is 13.0. The summed E-state index contributed by atoms with van der Waals surface area (Å²) >= 11 is 6.20. The molecule has 3 aromatic rings. The minimum atomic E-state index is 0.105. The molecule has 8 heteroatoms. The zero-order valence-electron chi connectivity index (χ0n) is 15.1. The maximum Gasteiger partial charge on any atom is 0.225 e. The van der Waals surface area contributed by atoms with Crippen LogP contribution in [0.3, 0.4) is 0 Å². The van der Waals surface area contributed by atoms with Gasteiger partial charge in [0.15, 0.2) is 0 Å². The molecule has 27 heavy (non-hydrogen) atoms. The summed E-state index contributed by atoms with van der Waals surface area (Å²) in [5.41, 5.74) is 2.07. The van der Waals surface area contributed by atoms with Crippen molar-refractivity contribution in [2.75, 3.05) is 37.8 Å². The molecule has 0 amide bonds. The minimum Gasteiger partial charge on any atom is -0.508 e. The summed E-state index contributed by atoms with van der Waals surface area (Å²) in [5, 5.41) is 16.3. The van der Waals surface area contributed by atoms with Crippen molar-refractivity contribution in [2.24, 2.45) is 0 Å². The van der Waals surface area contributed by atoms with Crippen LogP contribution in [0.2, 0.25) is 5.02 Å². The molecule has 2 heterocycles. The Morgan fingerprint density at radius 2 is 1.93 bits per heavy atom. The van der Waals surface area contributed by atoms with Gasteiger partial charge in [0.05, 0.1) is 22.1 Å². The molecule has 140 valence electrons. The monoisotopic (exact) mass is 384 g/mol. The number of pyridine rings is 1. The fraction of sp³-hybridized carbons (Fsp3) is 0.211. The second-order valence-electron chi connectivity index (χ2n) is 6.20. The van der Waals surface area contributed by atoms with Gasteiger partial charge in [-0.15, -0.1) is 0 Å². The fourth-order valence-electron chi connectivity index (χ4n) is 2.37. The van der Waals surface area contributed by atoms with E-state index in [9.17, 15) is 5.11 Å². The second kappa shape index (κ2) is 8.66. The van der Waals surface area contributed by atoms with Crippen molar-refractivity contribution in [2.45, 2.75) is 0 Å². The molecule has 0 fully saturated rings. The van der Waals surface area contributed by atoms with Crippen molar-refractivity contribution in [1.29, 1.82) is 0 Å². The van der Waals surface area contributed by atoms with Gasteiger partial charge < -0.3 is 20.6 Å². The Balaban J connectivity index is 1.91. The van der Waals surface area contributed by atoms with Crippen LogP contribution in [0, 0.1) is 0 Å². The number of nitrogens with zero attached hydrogens (tertiary/aromatic N) is 4. The van der Waals surface area contributed by atoms with Gasteiger partial charge in [-0.05, 0) is 38.4 Å². The largest absolute Gasteiger partial charge is 0.508 e. The predicted octanol–water partition coefficient (Wildman–Crippen LogP) is 3.61. The van der Waals surface area contributed by atoms with E-state index in [0.29, 0.717) is 34.7 Å². The predicted molar refractivity (Wildman–Crippen MR) is 109 cm³/mol. The topological polar surface area (TPSA) is 86.2 Å². The normalized spacial score (nSPS) is 10.8. The van der Waals surface area contributed by atoms with Crippen LogP contribution in [-0.2, 0) is 0 Å². The van der Waals surface area contributed by atoms with Gasteiger partial charge in [0.2, 0.25) is 5.95 Å². The third-order valence-corrected chi connectivity index (χ3v) is 4.02. The first kappa shape index (κ1) is 18.9. The lowest BCUT2D eigenvalue weighted by Crippen LogP contribution is -2.21. The van der Waals surface area contributed by atoms with E-state index in [2.05, 4.69) is 30.5 Å². The molecule has 0 radical (unpaired) electrons. The van der Waals surface area contributed by atoms with Crippen molar-refractivity contribution in [3.63, 3.8) is 0 Å². The summed E-state index contributed by atoms with van der Waals surface area (Å²) in [7, 11) is 4.01. The second-order valence-corrected chi connectivity index (χ2v) is 6.60. The molecule has 0 unspecified atom stereocenters. The van der Waals surface area contributed by atoms with Crippen LogP contribution in [0.5, 0.6) is 5.75 Å². The minimum absolute atomic E-state index is 0.105. The molecule has 7 nitrogen and oxygen atoms in total. The third-order valence-electron chi connectivity index (χ3n) is 3.71. The van der Waals surface area contributed by atoms with Gasteiger partial charge in [0.25, 0.3) is 0 Å². The van der Waals surface area contributed by atoms with Gasteiger partial charge >= 0.3 is 0 Å². The molecule has 0 saturated heterocycles. The highest BCUT2D eigenvalue weighted by atomic mass is 35.5. The molecular formula is C19H21ClN6O. The van der Waals surface area contributed by atoms with Crippen molar-refractivity contribution in [3.8, 4) is 17.1 Å². The number of nitrogens with one attached hydrogen (secondary N) is 2. The number of phenols is 1. The van der Waals surface area contributed by atoms with Crippen molar-refractivity contribution in [1.82, 2.24) is 19.9 Å². The van der Waals surface area contributed by atoms with Gasteiger partial charge in [-0.25, -0.2) is 4.98 Å². The van der Waals surface area contributed by atoms with E-state index >= 15 is 0 Å². The number of hydrogen-bond acceptors (Lipinski definition) is 7. The smallest absolute Gasteiger partial charge is 0.225 e. The summed E-state index contributed by atoms with van der Waals surface area (Å²) in [5.74, 6) is 1.18. The molecular weight excluding hydrogens is 364 g/mol. The molecule has 0 bridgehead atoms. The summed E-state index contributed by atoms with van der Waals surface area (Å²) in [6.07, 6.45) is 1.72. The van der Waals surface area contributed by atoms with Crippen LogP contribution in [0.15, 0.2) is 48.7 Å². The summed E-state index contributed by atoms with van der Waals surface area (Å²) in [6.45, 7) is 1.56. The first-order valence-corrected chi connectivity index (χ1v) is 8.84. The Bertz CT molecular complexity index is 904. The number of likely N-dealkylation sites (N-methyl/N-ethyl adjacent to an activating group) is 1. The van der Waals surface area contributed by atoms with Crippen molar-refractivity contribution >= 4 is 29.1 Å². The molecule has 0 spiro atoms. The van der Waals surface area contributed by atoms with E-state index < -0.39 is 0 Å². The molecule has 2 aromatic heterocycles. The summed E-state index contributed by atoms with van der Waals surface area (Å²) in [4.78, 5) is 15.5. The summed E-state index contributed by atoms with van der Waals surface area (Å²) < 4.78 is 0. The number of rotatable bonds is 7. The maximum absolute atomic E-state index is 9.52. The Hall–Kier alpha value is -2.90. The van der Waals surface area contributed by atoms with E-state index in [4.69, 9.17) is 11.6 Å². The van der Waals surface area contributed by atoms with Crippen molar-refractivity contribution < 1.29 is 5.11 Å². The number of halogens is 1. The maximum atomic E-state index is 9.52. The molecule has 1 aromatic carbocycles. The van der Waals surface area contributed by atoms with Crippen LogP contribution in [0.25, 0.3) is 11.4 Å². The van der Waals surface area contributed by atoms with E-state index in [1.165, 1.54) is 6.07 Å². The van der Waals surface area contributed by atoms with E-state index in [1.54, 1.807) is 18.3 Å². The standard InChI is InChI=1S/C19H21ClN6O/c1-26(2)10-9-22-19-24-17(16-5-3-4-8-21-16)12-18(25-19)23-15-7-6-13(27)11-14(15)20/h3-8,11-12,27H,9-10H2,1-2H3,(H2,22,23,24,25). The highest BCUT2D eigenvalue weighted by Gasteiger charge is 2.10. The number of hydrogen-bond donors (Lipinski definition) is 3. The molecule has 0 aliphatic rings. The lowest BCUT2D eigenvalue weighted by molar-refractivity contribution is 0.425. The van der Waals surface area contributed by atoms with Crippen LogP contribution in [0.1, 0.15) is 0 Å². The molecule has 0 aliphatic carbocycles. The SMILES string of the molecule is CN(C)CCNc1nc(Nc2ccc(O)cc2Cl)cc(-c2ccccn2)n1. The number of aromatic hydroxyl groups is 1. The lowest BCUT2D eigenvalue weighted by atomic mass is 10.2. The Morgan fingerprint density at radius 3 is 2.63 bits per heavy atom. The lowest BCUT2D eigenvalue weighted by Gasteiger charge is -2.13. The van der Waals surface area contributed by atoms with Gasteiger partial charge in [0.1, 0.15) is 11.6 Å². The van der Waals surface area contributed by atoms with E-state index in [0.717, 1.165) is 12.2 Å². The quantitative estimate of drug-likeness (QED) is 0.536. The molecule has 3 N–H and O–H groups in total. The van der Waals surface area contributed by atoms with Crippen LogP contribution >= 0.6 is 11.6 Å². The molecule has 0 atom stereocenters. The third kappa shape index (κ3) is 5.29. The Labute approximate surface area is 163 Å². The zero-order valence-corrected chi connectivity index (χ0v) is 15.9. The molecule has 0 saturated carbocycles. The zero-order chi connectivity index (χ0) is 19.2. The molecule has 0 aliphatic heterocycles. The van der Waals surface area contributed by atoms with Crippen LogP contribution in [-0.4, -0.2) is 52.1 Å². The fourth-order valence-corrected chi connectivity index (χ4v) is 2.59. The van der Waals surface area contributed by atoms with E-state index in [1.807, 2.05) is 38.4 Å². The Kier molecular flexibility index (Phi) is 6.05. The van der Waals surface area contributed by atoms with E-state index in [-0.39, 0.29) is 5.75 Å². The molecule has 3 rings (SSSR count). The van der Waals surface area contributed by atoms with Gasteiger partial charge in [-0.3, -0.25) is 4.98 Å². The highest BCUT2D eigenvalue weighted by molar-refractivity contribution is 6.33. The van der Waals surface area contributed by atoms with Crippen molar-refractivity contribution in [3.05, 3.63) is 53.7 Å². The first-order valence-electron chi connectivity index (χ1n) is 8.46. The number of phenolic OH excluding ortho intramolecular Hbond substituents is 1. The average molecular weight is 385 g/mol. The average Bonchev–Trinajstić information content (AvgIpc) is 2.64. The number of anilines is 3. The van der Waals surface area contributed by atoms with Gasteiger partial charge in [0, 0.05) is 31.4 Å². The van der Waals surface area contributed by atoms with Gasteiger partial charge in [-0.2, -0.15) is 4.98 Å². The van der Waals surface area contributed by atoms with Crippen LogP contribution in [0.4, 0.5) is 17.5 Å². The number of benzene rings is 1. The number of aromatic nitrogens is 3. The van der Waals surface area contributed by atoms with Gasteiger partial charge in [-0.1, -0.05) is 17.7 Å². The summed E-state index contributed by atoms with van der Waals surface area (Å²) in [6, 6.07) is 12.2. The Morgan fingerprint density at radius 1 is 1.07 bits per heavy atom. The van der Waals surface area contributed by atoms with Crippen LogP contribution < -0.4 is 10.6 Å². The highest BCUT2D eigenvalue weighted by Crippen LogP contribution is 2.29.